The van der Waals surface area contributed by atoms with E-state index in [1.165, 1.54) is 16.1 Å². The number of sulfonamides is 1. The maximum atomic E-state index is 12.9. The number of hydrogen-bond acceptors (Lipinski definition) is 3. The van der Waals surface area contributed by atoms with Gasteiger partial charge in [0.1, 0.15) is 0 Å². The van der Waals surface area contributed by atoms with Crippen LogP contribution in [-0.4, -0.2) is 43.7 Å². The van der Waals surface area contributed by atoms with Gasteiger partial charge in [0.05, 0.1) is 18.8 Å². The second-order valence-electron chi connectivity index (χ2n) is 7.40. The zero-order valence-electron chi connectivity index (χ0n) is 16.6. The standard InChI is InChI=1S/C21H27N3O3S/c1-16-11-12-19(14-17(16)2)20-15-24(22-28(3,26)27)21(25)23(20)13-7-10-18-8-5-4-6-9-18/h4-6,8-9,11-12,14,20,22H,7,10,13,15H2,1-3H3. The number of urea groups is 1. The highest BCUT2D eigenvalue weighted by molar-refractivity contribution is 7.88. The summed E-state index contributed by atoms with van der Waals surface area (Å²) in [5, 5.41) is 1.21. The quantitative estimate of drug-likeness (QED) is 0.775. The lowest BCUT2D eigenvalue weighted by Crippen LogP contribution is -2.44. The molecule has 1 unspecified atom stereocenters. The van der Waals surface area contributed by atoms with Crippen LogP contribution in [0.2, 0.25) is 0 Å². The van der Waals surface area contributed by atoms with Crippen LogP contribution in [0.1, 0.15) is 34.7 Å². The molecule has 0 saturated carbocycles. The van der Waals surface area contributed by atoms with E-state index in [1.807, 2.05) is 44.2 Å². The third-order valence-corrected chi connectivity index (χ3v) is 5.66. The zero-order chi connectivity index (χ0) is 20.3. The highest BCUT2D eigenvalue weighted by Gasteiger charge is 2.39. The average molecular weight is 402 g/mol. The van der Waals surface area contributed by atoms with Gasteiger partial charge in [0.2, 0.25) is 10.0 Å². The van der Waals surface area contributed by atoms with Crippen molar-refractivity contribution in [3.8, 4) is 0 Å². The smallest absolute Gasteiger partial charge is 0.315 e. The van der Waals surface area contributed by atoms with E-state index in [0.717, 1.165) is 30.2 Å². The summed E-state index contributed by atoms with van der Waals surface area (Å²) in [6.07, 6.45) is 2.73. The van der Waals surface area contributed by atoms with E-state index in [0.29, 0.717) is 13.1 Å². The van der Waals surface area contributed by atoms with Crippen LogP contribution >= 0.6 is 0 Å². The number of carbonyl (C=O) groups excluding carboxylic acids is 1. The molecule has 0 aliphatic carbocycles. The molecule has 0 aromatic heterocycles. The van der Waals surface area contributed by atoms with Gasteiger partial charge in [-0.1, -0.05) is 48.5 Å². The Morgan fingerprint density at radius 3 is 2.43 bits per heavy atom. The zero-order valence-corrected chi connectivity index (χ0v) is 17.4. The van der Waals surface area contributed by atoms with E-state index in [-0.39, 0.29) is 12.1 Å². The van der Waals surface area contributed by atoms with Gasteiger partial charge in [-0.05, 0) is 48.9 Å². The van der Waals surface area contributed by atoms with Gasteiger partial charge in [0, 0.05) is 6.54 Å². The molecule has 0 bridgehead atoms. The van der Waals surface area contributed by atoms with E-state index < -0.39 is 10.0 Å². The van der Waals surface area contributed by atoms with Gasteiger partial charge in [-0.25, -0.2) is 18.2 Å². The molecule has 1 fully saturated rings. The van der Waals surface area contributed by atoms with Crippen molar-refractivity contribution in [2.45, 2.75) is 32.7 Å². The molecule has 1 heterocycles. The number of benzene rings is 2. The summed E-state index contributed by atoms with van der Waals surface area (Å²) in [5.74, 6) is 0. The maximum Gasteiger partial charge on any atom is 0.335 e. The molecule has 2 aromatic carbocycles. The summed E-state index contributed by atoms with van der Waals surface area (Å²) in [7, 11) is -3.52. The molecule has 1 aliphatic rings. The van der Waals surface area contributed by atoms with Gasteiger partial charge in [0.15, 0.2) is 0 Å². The fourth-order valence-corrected chi connectivity index (χ4v) is 4.07. The van der Waals surface area contributed by atoms with Crippen molar-refractivity contribution in [1.29, 1.82) is 0 Å². The number of rotatable bonds is 7. The summed E-state index contributed by atoms with van der Waals surface area (Å²) in [6, 6.07) is 15.8. The first kappa shape index (κ1) is 20.4. The number of carbonyl (C=O) groups is 1. The minimum atomic E-state index is -3.52. The summed E-state index contributed by atoms with van der Waals surface area (Å²) in [6.45, 7) is 4.95. The Labute approximate surface area is 167 Å². The van der Waals surface area contributed by atoms with Crippen LogP contribution in [-0.2, 0) is 16.4 Å². The SMILES string of the molecule is Cc1ccc(C2CN(NS(C)(=O)=O)C(=O)N2CCCc2ccccc2)cc1C. The lowest BCUT2D eigenvalue weighted by molar-refractivity contribution is 0.181. The molecule has 3 rings (SSSR count). The van der Waals surface area contributed by atoms with Crippen LogP contribution in [0.25, 0.3) is 0 Å². The number of hydrogen-bond donors (Lipinski definition) is 1. The van der Waals surface area contributed by atoms with Crippen LogP contribution in [0.5, 0.6) is 0 Å². The molecule has 2 amide bonds. The molecule has 2 aromatic rings. The van der Waals surface area contributed by atoms with E-state index in [2.05, 4.69) is 23.0 Å². The molecule has 1 N–H and O–H groups in total. The van der Waals surface area contributed by atoms with Crippen molar-refractivity contribution in [2.24, 2.45) is 0 Å². The van der Waals surface area contributed by atoms with E-state index >= 15 is 0 Å². The van der Waals surface area contributed by atoms with Crippen LogP contribution < -0.4 is 4.83 Å². The molecule has 1 atom stereocenters. The molecular weight excluding hydrogens is 374 g/mol. The molecule has 1 saturated heterocycles. The van der Waals surface area contributed by atoms with Crippen molar-refractivity contribution in [1.82, 2.24) is 14.7 Å². The predicted octanol–water partition coefficient (Wildman–Crippen LogP) is 3.18. The van der Waals surface area contributed by atoms with E-state index in [4.69, 9.17) is 0 Å². The fraction of sp³-hybridized carbons (Fsp3) is 0.381. The molecule has 0 spiro atoms. The van der Waals surface area contributed by atoms with Gasteiger partial charge in [-0.15, -0.1) is 4.83 Å². The Morgan fingerprint density at radius 1 is 1.07 bits per heavy atom. The molecular formula is C21H27N3O3S. The first-order valence-corrected chi connectivity index (χ1v) is 11.3. The summed E-state index contributed by atoms with van der Waals surface area (Å²) < 4.78 is 23.3. The first-order chi connectivity index (χ1) is 13.2. The monoisotopic (exact) mass is 401 g/mol. The van der Waals surface area contributed by atoms with Gasteiger partial charge in [0.25, 0.3) is 0 Å². The summed E-state index contributed by atoms with van der Waals surface area (Å²) >= 11 is 0. The Morgan fingerprint density at radius 2 is 1.79 bits per heavy atom. The van der Waals surface area contributed by atoms with Crippen molar-refractivity contribution < 1.29 is 13.2 Å². The van der Waals surface area contributed by atoms with Gasteiger partial charge in [-0.2, -0.15) is 0 Å². The Balaban J connectivity index is 1.79. The lowest BCUT2D eigenvalue weighted by atomic mass is 10.0. The molecule has 7 heteroatoms. The van der Waals surface area contributed by atoms with Crippen molar-refractivity contribution >= 4 is 16.1 Å². The number of hydrazine groups is 1. The highest BCUT2D eigenvalue weighted by atomic mass is 32.2. The third kappa shape index (κ3) is 4.91. The van der Waals surface area contributed by atoms with Crippen LogP contribution in [0, 0.1) is 13.8 Å². The van der Waals surface area contributed by atoms with Crippen LogP contribution in [0.15, 0.2) is 48.5 Å². The van der Waals surface area contributed by atoms with Gasteiger partial charge >= 0.3 is 6.03 Å². The fourth-order valence-electron chi connectivity index (χ4n) is 3.52. The van der Waals surface area contributed by atoms with Crippen LogP contribution in [0.4, 0.5) is 4.79 Å². The first-order valence-electron chi connectivity index (χ1n) is 9.41. The Kier molecular flexibility index (Phi) is 6.05. The topological polar surface area (TPSA) is 69.7 Å². The number of nitrogens with one attached hydrogen (secondary N) is 1. The van der Waals surface area contributed by atoms with E-state index in [9.17, 15) is 13.2 Å². The highest BCUT2D eigenvalue weighted by Crippen LogP contribution is 2.30. The number of nitrogens with zero attached hydrogens (tertiary/aromatic N) is 2. The maximum absolute atomic E-state index is 12.9. The molecule has 6 nitrogen and oxygen atoms in total. The minimum absolute atomic E-state index is 0.183. The normalized spacial score (nSPS) is 17.4. The average Bonchev–Trinajstić information content (AvgIpc) is 2.93. The van der Waals surface area contributed by atoms with E-state index in [1.54, 1.807) is 4.90 Å². The van der Waals surface area contributed by atoms with Gasteiger partial charge in [-0.3, -0.25) is 0 Å². The third-order valence-electron chi connectivity index (χ3n) is 5.11. The molecule has 1 aliphatic heterocycles. The largest absolute Gasteiger partial charge is 0.335 e. The lowest BCUT2D eigenvalue weighted by Gasteiger charge is -2.24. The van der Waals surface area contributed by atoms with Crippen molar-refractivity contribution in [3.05, 3.63) is 70.8 Å². The van der Waals surface area contributed by atoms with Crippen molar-refractivity contribution in [3.63, 3.8) is 0 Å². The molecule has 150 valence electrons. The number of amides is 2. The summed E-state index contributed by atoms with van der Waals surface area (Å²) in [5.41, 5.74) is 4.59. The number of aryl methyl sites for hydroxylation is 3. The van der Waals surface area contributed by atoms with Crippen molar-refractivity contribution in [2.75, 3.05) is 19.3 Å². The second kappa shape index (κ2) is 8.32. The Hall–Kier alpha value is -2.38. The second-order valence-corrected chi connectivity index (χ2v) is 9.13. The minimum Gasteiger partial charge on any atom is -0.315 e. The Bertz CT molecular complexity index is 945. The van der Waals surface area contributed by atoms with Crippen LogP contribution in [0.3, 0.4) is 0 Å². The van der Waals surface area contributed by atoms with Gasteiger partial charge < -0.3 is 4.90 Å². The molecule has 28 heavy (non-hydrogen) atoms. The predicted molar refractivity (Wildman–Crippen MR) is 110 cm³/mol. The molecule has 0 radical (unpaired) electrons. The summed E-state index contributed by atoms with van der Waals surface area (Å²) in [4.78, 5) is 17.0.